The van der Waals surface area contributed by atoms with Gasteiger partial charge in [0.2, 0.25) is 5.91 Å². The molecular formula is C21H29N2O2+. The van der Waals surface area contributed by atoms with Crippen LogP contribution in [0, 0.1) is 0 Å². The Kier molecular flexibility index (Phi) is 6.29. The van der Waals surface area contributed by atoms with E-state index in [1.165, 1.54) is 29.7 Å². The van der Waals surface area contributed by atoms with Crippen molar-refractivity contribution in [3.05, 3.63) is 60.1 Å². The fourth-order valence-corrected chi connectivity index (χ4v) is 3.76. The summed E-state index contributed by atoms with van der Waals surface area (Å²) < 4.78 is 5.66. The minimum Gasteiger partial charge on any atom is -0.463 e. The van der Waals surface area contributed by atoms with Crippen molar-refractivity contribution >= 4 is 5.91 Å². The number of carbonyl (C=O) groups is 1. The molecule has 1 aliphatic rings. The second-order valence-electron chi connectivity index (χ2n) is 7.11. The van der Waals surface area contributed by atoms with Gasteiger partial charge < -0.3 is 14.6 Å². The minimum atomic E-state index is 0.115. The lowest BCUT2D eigenvalue weighted by Gasteiger charge is -2.30. The zero-order valence-corrected chi connectivity index (χ0v) is 15.0. The van der Waals surface area contributed by atoms with Gasteiger partial charge in [-0.05, 0) is 42.9 Å². The Hall–Kier alpha value is -2.07. The highest BCUT2D eigenvalue weighted by Crippen LogP contribution is 2.18. The largest absolute Gasteiger partial charge is 0.463 e. The molecule has 2 atom stereocenters. The molecule has 0 aliphatic carbocycles. The van der Waals surface area contributed by atoms with Crippen LogP contribution >= 0.6 is 0 Å². The summed E-state index contributed by atoms with van der Waals surface area (Å²) in [6.45, 7) is 5.06. The molecule has 0 saturated carbocycles. The number of rotatable bonds is 7. The van der Waals surface area contributed by atoms with Gasteiger partial charge in [0.1, 0.15) is 0 Å². The maximum atomic E-state index is 12.4. The third kappa shape index (κ3) is 4.95. The fourth-order valence-electron chi connectivity index (χ4n) is 3.76. The lowest BCUT2D eigenvalue weighted by molar-refractivity contribution is -0.936. The van der Waals surface area contributed by atoms with Crippen molar-refractivity contribution in [1.29, 1.82) is 0 Å². The third-order valence-corrected chi connectivity index (χ3v) is 5.24. The summed E-state index contributed by atoms with van der Waals surface area (Å²) in [4.78, 5) is 14.0. The Balaban J connectivity index is 1.56. The zero-order valence-electron chi connectivity index (χ0n) is 15.0. The molecular weight excluding hydrogens is 312 g/mol. The quantitative estimate of drug-likeness (QED) is 0.813. The predicted octanol–water partition coefficient (Wildman–Crippen LogP) is 2.70. The summed E-state index contributed by atoms with van der Waals surface area (Å²) in [5.74, 6) is 1.32. The lowest BCUT2D eigenvalue weighted by Crippen LogP contribution is -3.13. The smallest absolute Gasteiger partial charge is 0.220 e. The molecule has 4 nitrogen and oxygen atoms in total. The summed E-state index contributed by atoms with van der Waals surface area (Å²) in [5.41, 5.74) is 1.21. The molecule has 25 heavy (non-hydrogen) atoms. The van der Waals surface area contributed by atoms with Gasteiger partial charge in [0.25, 0.3) is 0 Å². The van der Waals surface area contributed by atoms with Crippen LogP contribution in [0.4, 0.5) is 0 Å². The number of benzene rings is 1. The van der Waals surface area contributed by atoms with E-state index in [1.807, 2.05) is 30.3 Å². The van der Waals surface area contributed by atoms with Crippen LogP contribution in [0.1, 0.15) is 55.9 Å². The van der Waals surface area contributed by atoms with E-state index >= 15 is 0 Å². The van der Waals surface area contributed by atoms with Crippen molar-refractivity contribution in [2.75, 3.05) is 19.6 Å². The summed E-state index contributed by atoms with van der Waals surface area (Å²) in [7, 11) is 0. The van der Waals surface area contributed by atoms with Crippen LogP contribution in [-0.2, 0) is 4.79 Å². The van der Waals surface area contributed by atoms with Gasteiger partial charge in [-0.15, -0.1) is 0 Å². The second-order valence-corrected chi connectivity index (χ2v) is 7.11. The van der Waals surface area contributed by atoms with Crippen LogP contribution in [0.3, 0.4) is 0 Å². The first-order valence-corrected chi connectivity index (χ1v) is 9.43. The standard InChI is InChI=1S/C21H28N2O2/c1-17(18-9-4-2-5-10-18)15-21(24)22-16-19(20-11-8-14-25-20)23-12-6-3-7-13-23/h2,4-5,8-11,14,17,19H,3,6-7,12-13,15-16H2,1H3,(H,22,24)/p+1/t17-,19-/m0/s1. The number of hydrogen-bond donors (Lipinski definition) is 2. The fraction of sp³-hybridized carbons (Fsp3) is 0.476. The number of likely N-dealkylation sites (tertiary alicyclic amines) is 1. The molecule has 3 rings (SSSR count). The molecule has 1 saturated heterocycles. The highest BCUT2D eigenvalue weighted by molar-refractivity contribution is 5.76. The summed E-state index contributed by atoms with van der Waals surface area (Å²) >= 11 is 0. The van der Waals surface area contributed by atoms with Gasteiger partial charge in [-0.3, -0.25) is 4.79 Å². The van der Waals surface area contributed by atoms with E-state index in [-0.39, 0.29) is 17.9 Å². The third-order valence-electron chi connectivity index (χ3n) is 5.24. The molecule has 1 aliphatic heterocycles. The van der Waals surface area contributed by atoms with Gasteiger partial charge in [0.05, 0.1) is 25.9 Å². The molecule has 0 bridgehead atoms. The lowest BCUT2D eigenvalue weighted by atomic mass is 9.97. The Bertz CT molecular complexity index is 633. The molecule has 2 heterocycles. The van der Waals surface area contributed by atoms with Crippen molar-refractivity contribution in [2.45, 2.75) is 44.6 Å². The maximum absolute atomic E-state index is 12.4. The van der Waals surface area contributed by atoms with Crippen molar-refractivity contribution in [1.82, 2.24) is 5.32 Å². The van der Waals surface area contributed by atoms with E-state index in [1.54, 1.807) is 6.26 Å². The molecule has 1 aromatic carbocycles. The van der Waals surface area contributed by atoms with E-state index in [4.69, 9.17) is 4.42 Å². The van der Waals surface area contributed by atoms with Gasteiger partial charge in [-0.1, -0.05) is 37.3 Å². The van der Waals surface area contributed by atoms with Gasteiger partial charge in [-0.25, -0.2) is 0 Å². The van der Waals surface area contributed by atoms with Crippen LogP contribution in [0.25, 0.3) is 0 Å². The first kappa shape index (κ1) is 17.7. The van der Waals surface area contributed by atoms with Crippen LogP contribution in [0.5, 0.6) is 0 Å². The Labute approximate surface area is 150 Å². The number of quaternary nitrogens is 1. The van der Waals surface area contributed by atoms with Gasteiger partial charge in [0, 0.05) is 6.42 Å². The van der Waals surface area contributed by atoms with Crippen molar-refractivity contribution in [3.8, 4) is 0 Å². The Morgan fingerprint density at radius 3 is 2.56 bits per heavy atom. The normalized spacial score (nSPS) is 17.8. The zero-order chi connectivity index (χ0) is 17.5. The maximum Gasteiger partial charge on any atom is 0.220 e. The molecule has 134 valence electrons. The highest BCUT2D eigenvalue weighted by Gasteiger charge is 2.28. The first-order valence-electron chi connectivity index (χ1n) is 9.43. The SMILES string of the molecule is C[C@@H](CC(=O)NC[C@@H](c1ccco1)[NH+]1CCCCC1)c1ccccc1. The summed E-state index contributed by atoms with van der Waals surface area (Å²) in [6, 6.07) is 14.4. The molecule has 1 aromatic heterocycles. The average Bonchev–Trinajstić information content (AvgIpc) is 3.18. The molecule has 0 unspecified atom stereocenters. The topological polar surface area (TPSA) is 46.7 Å². The molecule has 1 fully saturated rings. The first-order chi connectivity index (χ1) is 12.2. The number of furan rings is 1. The highest BCUT2D eigenvalue weighted by atomic mass is 16.3. The van der Waals surface area contributed by atoms with Crippen LogP contribution in [0.15, 0.2) is 53.1 Å². The summed E-state index contributed by atoms with van der Waals surface area (Å²) in [6.07, 6.45) is 6.07. The van der Waals surface area contributed by atoms with E-state index in [0.29, 0.717) is 13.0 Å². The van der Waals surface area contributed by atoms with Crippen LogP contribution in [-0.4, -0.2) is 25.5 Å². The van der Waals surface area contributed by atoms with Gasteiger partial charge in [-0.2, -0.15) is 0 Å². The van der Waals surface area contributed by atoms with Crippen molar-refractivity contribution < 1.29 is 14.1 Å². The molecule has 0 radical (unpaired) electrons. The molecule has 0 spiro atoms. The van der Waals surface area contributed by atoms with E-state index in [2.05, 4.69) is 24.4 Å². The number of hydrogen-bond acceptors (Lipinski definition) is 2. The Morgan fingerprint density at radius 2 is 1.88 bits per heavy atom. The number of piperidine rings is 1. The van der Waals surface area contributed by atoms with Crippen LogP contribution < -0.4 is 10.2 Å². The molecule has 2 aromatic rings. The predicted molar refractivity (Wildman–Crippen MR) is 98.5 cm³/mol. The number of amides is 1. The van der Waals surface area contributed by atoms with Gasteiger partial charge >= 0.3 is 0 Å². The molecule has 4 heteroatoms. The van der Waals surface area contributed by atoms with E-state index in [9.17, 15) is 4.79 Å². The molecule has 2 N–H and O–H groups in total. The average molecular weight is 341 g/mol. The van der Waals surface area contributed by atoms with E-state index < -0.39 is 0 Å². The molecule has 1 amide bonds. The van der Waals surface area contributed by atoms with Crippen LogP contribution in [0.2, 0.25) is 0 Å². The van der Waals surface area contributed by atoms with Crippen molar-refractivity contribution in [2.24, 2.45) is 0 Å². The monoisotopic (exact) mass is 341 g/mol. The number of carbonyl (C=O) groups excluding carboxylic acids is 1. The Morgan fingerprint density at radius 1 is 1.12 bits per heavy atom. The second kappa shape index (κ2) is 8.86. The number of nitrogens with one attached hydrogen (secondary N) is 2. The minimum absolute atomic E-state index is 0.115. The van der Waals surface area contributed by atoms with E-state index in [0.717, 1.165) is 18.8 Å². The van der Waals surface area contributed by atoms with Crippen molar-refractivity contribution in [3.63, 3.8) is 0 Å². The summed E-state index contributed by atoms with van der Waals surface area (Å²) in [5, 5.41) is 3.15. The van der Waals surface area contributed by atoms with Gasteiger partial charge in [0.15, 0.2) is 11.8 Å².